The number of carbonyl (C=O) groups is 1. The molecule has 4 nitrogen and oxygen atoms in total. The van der Waals surface area contributed by atoms with Crippen LogP contribution in [0, 0.1) is 11.8 Å². The van der Waals surface area contributed by atoms with Crippen molar-refractivity contribution in [2.45, 2.75) is 6.92 Å². The lowest BCUT2D eigenvalue weighted by molar-refractivity contribution is -0.174. The fourth-order valence-electron chi connectivity index (χ4n) is 0.997. The summed E-state index contributed by atoms with van der Waals surface area (Å²) in [5.41, 5.74) is 0. The molecule has 0 rings (SSSR count). The number of amides is 1. The Balaban J connectivity index is 4.30. The van der Waals surface area contributed by atoms with Crippen LogP contribution in [0.2, 0.25) is 0 Å². The summed E-state index contributed by atoms with van der Waals surface area (Å²) in [6.07, 6.45) is 1.58. The van der Waals surface area contributed by atoms with Gasteiger partial charge in [-0.25, -0.2) is 5.06 Å². The van der Waals surface area contributed by atoms with Gasteiger partial charge in [-0.15, -0.1) is 6.58 Å². The van der Waals surface area contributed by atoms with Crippen molar-refractivity contribution in [3.63, 3.8) is 0 Å². The van der Waals surface area contributed by atoms with Gasteiger partial charge in [-0.2, -0.15) is 0 Å². The fraction of sp³-hybridized carbons (Fsp3) is 0.667. The second kappa shape index (κ2) is 5.72. The highest BCUT2D eigenvalue weighted by Crippen LogP contribution is 2.14. The average Bonchev–Trinajstić information content (AvgIpc) is 2.17. The molecule has 0 aliphatic rings. The Hall–Kier alpha value is -0.870. The predicted molar refractivity (Wildman–Crippen MR) is 49.7 cm³/mol. The van der Waals surface area contributed by atoms with Gasteiger partial charge in [0.05, 0.1) is 13.7 Å². The number of carbonyl (C=O) groups excluding carboxylic acids is 1. The smallest absolute Gasteiger partial charge is 0.249 e. The average molecular weight is 187 g/mol. The summed E-state index contributed by atoms with van der Waals surface area (Å²) in [4.78, 5) is 16.2. The topological polar surface area (TPSA) is 49.8 Å². The van der Waals surface area contributed by atoms with E-state index < -0.39 is 0 Å². The molecule has 76 valence electrons. The number of hydrogen-bond donors (Lipinski definition) is 1. The molecular formula is C9H17NO3. The van der Waals surface area contributed by atoms with E-state index in [-0.39, 0.29) is 24.3 Å². The molecule has 2 atom stereocenters. The Morgan fingerprint density at radius 1 is 1.77 bits per heavy atom. The summed E-state index contributed by atoms with van der Waals surface area (Å²) in [7, 11) is 2.96. The quantitative estimate of drug-likeness (QED) is 0.502. The molecule has 2 unspecified atom stereocenters. The maximum atomic E-state index is 11.5. The lowest BCUT2D eigenvalue weighted by Crippen LogP contribution is -2.34. The lowest BCUT2D eigenvalue weighted by atomic mass is 9.94. The minimum Gasteiger partial charge on any atom is -0.396 e. The molecular weight excluding hydrogens is 170 g/mol. The Bertz CT molecular complexity index is 182. The zero-order valence-corrected chi connectivity index (χ0v) is 8.36. The number of aliphatic hydroxyl groups is 1. The third-order valence-corrected chi connectivity index (χ3v) is 2.13. The second-order valence-electron chi connectivity index (χ2n) is 2.89. The molecule has 0 radical (unpaired) electrons. The van der Waals surface area contributed by atoms with Gasteiger partial charge in [0.1, 0.15) is 0 Å². The van der Waals surface area contributed by atoms with Crippen molar-refractivity contribution in [2.75, 3.05) is 20.8 Å². The summed E-state index contributed by atoms with van der Waals surface area (Å²) in [5.74, 6) is -0.695. The van der Waals surface area contributed by atoms with E-state index in [0.717, 1.165) is 5.06 Å². The third-order valence-electron chi connectivity index (χ3n) is 2.13. The van der Waals surface area contributed by atoms with Crippen LogP contribution in [0.4, 0.5) is 0 Å². The van der Waals surface area contributed by atoms with Crippen LogP contribution in [-0.2, 0) is 9.63 Å². The number of aliphatic hydroxyl groups excluding tert-OH is 1. The third kappa shape index (κ3) is 3.16. The second-order valence-corrected chi connectivity index (χ2v) is 2.89. The van der Waals surface area contributed by atoms with E-state index in [1.54, 1.807) is 13.0 Å². The lowest BCUT2D eigenvalue weighted by Gasteiger charge is -2.22. The minimum atomic E-state index is -0.313. The molecule has 0 heterocycles. The van der Waals surface area contributed by atoms with E-state index >= 15 is 0 Å². The molecule has 0 aliphatic carbocycles. The van der Waals surface area contributed by atoms with E-state index in [0.29, 0.717) is 0 Å². The molecule has 1 amide bonds. The summed E-state index contributed by atoms with van der Waals surface area (Å²) in [5, 5.41) is 10.1. The standard InChI is InChI=1S/C9H17NO3/c1-5-8(6-11)7(2)9(12)10(3)13-4/h5,7-8,11H,1,6H2,2-4H3. The monoisotopic (exact) mass is 187 g/mol. The van der Waals surface area contributed by atoms with Gasteiger partial charge in [-0.3, -0.25) is 9.63 Å². The van der Waals surface area contributed by atoms with Crippen molar-refractivity contribution >= 4 is 5.91 Å². The van der Waals surface area contributed by atoms with Crippen molar-refractivity contribution in [3.05, 3.63) is 12.7 Å². The molecule has 1 N–H and O–H groups in total. The largest absolute Gasteiger partial charge is 0.396 e. The summed E-state index contributed by atoms with van der Waals surface area (Å²) >= 11 is 0. The number of rotatable bonds is 5. The summed E-state index contributed by atoms with van der Waals surface area (Å²) in [6.45, 7) is 5.21. The Morgan fingerprint density at radius 3 is 2.62 bits per heavy atom. The van der Waals surface area contributed by atoms with Crippen molar-refractivity contribution in [1.82, 2.24) is 5.06 Å². The first-order valence-electron chi connectivity index (χ1n) is 4.13. The van der Waals surface area contributed by atoms with Crippen LogP contribution in [0.3, 0.4) is 0 Å². The Kier molecular flexibility index (Phi) is 5.34. The van der Waals surface area contributed by atoms with Gasteiger partial charge in [-0.1, -0.05) is 13.0 Å². The number of nitrogens with zero attached hydrogens (tertiary/aromatic N) is 1. The molecule has 0 aromatic rings. The van der Waals surface area contributed by atoms with Crippen molar-refractivity contribution < 1.29 is 14.7 Å². The first kappa shape index (κ1) is 12.1. The van der Waals surface area contributed by atoms with Gasteiger partial charge in [0.2, 0.25) is 5.91 Å². The first-order chi connectivity index (χ1) is 6.08. The first-order valence-corrected chi connectivity index (χ1v) is 4.13. The molecule has 0 spiro atoms. The van der Waals surface area contributed by atoms with Gasteiger partial charge in [0.25, 0.3) is 0 Å². The summed E-state index contributed by atoms with van der Waals surface area (Å²) < 4.78 is 0. The van der Waals surface area contributed by atoms with Gasteiger partial charge >= 0.3 is 0 Å². The number of hydroxylamine groups is 2. The van der Waals surface area contributed by atoms with E-state index in [1.165, 1.54) is 14.2 Å². The van der Waals surface area contributed by atoms with Crippen LogP contribution in [0.25, 0.3) is 0 Å². The zero-order chi connectivity index (χ0) is 10.4. The summed E-state index contributed by atoms with van der Waals surface area (Å²) in [6, 6.07) is 0. The SMILES string of the molecule is C=CC(CO)C(C)C(=O)N(C)OC. The van der Waals surface area contributed by atoms with E-state index in [4.69, 9.17) is 9.94 Å². The van der Waals surface area contributed by atoms with Gasteiger partial charge in [0, 0.05) is 18.9 Å². The van der Waals surface area contributed by atoms with Gasteiger partial charge in [0.15, 0.2) is 0 Å². The highest BCUT2D eigenvalue weighted by atomic mass is 16.7. The van der Waals surface area contributed by atoms with Crippen LogP contribution >= 0.6 is 0 Å². The van der Waals surface area contributed by atoms with Crippen LogP contribution < -0.4 is 0 Å². The minimum absolute atomic E-state index is 0.0754. The molecule has 0 saturated carbocycles. The van der Waals surface area contributed by atoms with Crippen LogP contribution in [0.15, 0.2) is 12.7 Å². The molecule has 4 heteroatoms. The molecule has 0 aromatic carbocycles. The predicted octanol–water partition coefficient (Wildman–Crippen LogP) is 0.437. The van der Waals surface area contributed by atoms with Crippen LogP contribution in [-0.4, -0.2) is 36.8 Å². The molecule has 0 fully saturated rings. The van der Waals surface area contributed by atoms with E-state index in [2.05, 4.69) is 6.58 Å². The molecule has 0 bridgehead atoms. The Morgan fingerprint density at radius 2 is 2.31 bits per heavy atom. The fourth-order valence-corrected chi connectivity index (χ4v) is 0.997. The van der Waals surface area contributed by atoms with Crippen LogP contribution in [0.1, 0.15) is 6.92 Å². The van der Waals surface area contributed by atoms with E-state index in [9.17, 15) is 4.79 Å². The maximum Gasteiger partial charge on any atom is 0.249 e. The van der Waals surface area contributed by atoms with Gasteiger partial charge in [-0.05, 0) is 0 Å². The molecule has 0 saturated heterocycles. The van der Waals surface area contributed by atoms with Crippen molar-refractivity contribution in [1.29, 1.82) is 0 Å². The molecule has 0 aromatic heterocycles. The van der Waals surface area contributed by atoms with Crippen molar-refractivity contribution in [2.24, 2.45) is 11.8 Å². The molecule has 0 aliphatic heterocycles. The highest BCUT2D eigenvalue weighted by Gasteiger charge is 2.23. The zero-order valence-electron chi connectivity index (χ0n) is 8.36. The number of hydrogen-bond acceptors (Lipinski definition) is 3. The van der Waals surface area contributed by atoms with Gasteiger partial charge < -0.3 is 5.11 Å². The molecule has 13 heavy (non-hydrogen) atoms. The highest BCUT2D eigenvalue weighted by molar-refractivity contribution is 5.77. The maximum absolute atomic E-state index is 11.5. The van der Waals surface area contributed by atoms with Crippen molar-refractivity contribution in [3.8, 4) is 0 Å². The van der Waals surface area contributed by atoms with E-state index in [1.807, 2.05) is 0 Å². The normalized spacial score (nSPS) is 14.8. The van der Waals surface area contributed by atoms with Crippen LogP contribution in [0.5, 0.6) is 0 Å². The Labute approximate surface area is 78.8 Å².